The van der Waals surface area contributed by atoms with E-state index in [1.54, 1.807) is 0 Å². The Morgan fingerprint density at radius 1 is 1.39 bits per heavy atom. The number of aromatic nitrogens is 2. The number of aryl methyl sites for hydroxylation is 3. The Labute approximate surface area is 113 Å². The van der Waals surface area contributed by atoms with E-state index in [4.69, 9.17) is 17.3 Å². The van der Waals surface area contributed by atoms with Gasteiger partial charge in [-0.1, -0.05) is 17.7 Å². The first-order valence-electron chi connectivity index (χ1n) is 6.05. The molecule has 0 radical (unpaired) electrons. The van der Waals surface area contributed by atoms with Crippen LogP contribution >= 0.6 is 11.6 Å². The van der Waals surface area contributed by atoms with Crippen molar-refractivity contribution in [1.82, 2.24) is 9.55 Å². The fourth-order valence-corrected chi connectivity index (χ4v) is 2.37. The van der Waals surface area contributed by atoms with Crippen molar-refractivity contribution in [3.05, 3.63) is 52.6 Å². The smallest absolute Gasteiger partial charge is 0.108 e. The van der Waals surface area contributed by atoms with Gasteiger partial charge in [0.25, 0.3) is 0 Å². The van der Waals surface area contributed by atoms with E-state index < -0.39 is 0 Å². The molecule has 1 aromatic carbocycles. The second kappa shape index (κ2) is 5.55. The van der Waals surface area contributed by atoms with Crippen LogP contribution in [-0.4, -0.2) is 9.55 Å². The molecule has 1 unspecified atom stereocenters. The number of benzene rings is 1. The van der Waals surface area contributed by atoms with Gasteiger partial charge in [0, 0.05) is 36.9 Å². The summed E-state index contributed by atoms with van der Waals surface area (Å²) in [6, 6.07) is 5.97. The standard InChI is InChI=1S/C14H18ClN3/c1-10-7-11(9-12(15)8-10)13(16)3-4-14-17-5-6-18(14)2/h5-9,13H,3-4,16H2,1-2H3. The van der Waals surface area contributed by atoms with E-state index in [2.05, 4.69) is 11.1 Å². The van der Waals surface area contributed by atoms with Crippen LogP contribution in [0, 0.1) is 6.92 Å². The van der Waals surface area contributed by atoms with Gasteiger partial charge in [-0.2, -0.15) is 0 Å². The van der Waals surface area contributed by atoms with Gasteiger partial charge in [-0.05, 0) is 36.6 Å². The molecule has 0 aliphatic carbocycles. The van der Waals surface area contributed by atoms with Crippen LogP contribution in [0.4, 0.5) is 0 Å². The van der Waals surface area contributed by atoms with Crippen molar-refractivity contribution in [1.29, 1.82) is 0 Å². The highest BCUT2D eigenvalue weighted by Crippen LogP contribution is 2.21. The number of rotatable bonds is 4. The molecule has 96 valence electrons. The van der Waals surface area contributed by atoms with Gasteiger partial charge in [-0.15, -0.1) is 0 Å². The summed E-state index contributed by atoms with van der Waals surface area (Å²) >= 11 is 6.05. The zero-order chi connectivity index (χ0) is 13.1. The van der Waals surface area contributed by atoms with Crippen molar-refractivity contribution in [2.45, 2.75) is 25.8 Å². The summed E-state index contributed by atoms with van der Waals surface area (Å²) in [6.45, 7) is 2.03. The van der Waals surface area contributed by atoms with Crippen LogP contribution in [0.5, 0.6) is 0 Å². The van der Waals surface area contributed by atoms with Gasteiger partial charge in [-0.25, -0.2) is 4.98 Å². The fraction of sp³-hybridized carbons (Fsp3) is 0.357. The molecule has 1 atom stereocenters. The summed E-state index contributed by atoms with van der Waals surface area (Å²) in [6.07, 6.45) is 5.50. The van der Waals surface area contributed by atoms with Gasteiger partial charge >= 0.3 is 0 Å². The molecular formula is C14H18ClN3. The SMILES string of the molecule is Cc1cc(Cl)cc(C(N)CCc2nccn2C)c1. The third-order valence-electron chi connectivity index (χ3n) is 3.09. The maximum atomic E-state index is 6.20. The normalized spacial score (nSPS) is 12.7. The zero-order valence-electron chi connectivity index (χ0n) is 10.7. The molecule has 2 rings (SSSR count). The van der Waals surface area contributed by atoms with Crippen molar-refractivity contribution in [3.63, 3.8) is 0 Å². The van der Waals surface area contributed by atoms with Gasteiger partial charge in [0.15, 0.2) is 0 Å². The van der Waals surface area contributed by atoms with Crippen LogP contribution in [-0.2, 0) is 13.5 Å². The Kier molecular flexibility index (Phi) is 4.04. The lowest BCUT2D eigenvalue weighted by Gasteiger charge is -2.13. The van der Waals surface area contributed by atoms with Gasteiger partial charge in [0.1, 0.15) is 5.82 Å². The minimum Gasteiger partial charge on any atom is -0.338 e. The largest absolute Gasteiger partial charge is 0.338 e. The van der Waals surface area contributed by atoms with Crippen LogP contribution in [0.2, 0.25) is 5.02 Å². The van der Waals surface area contributed by atoms with E-state index in [1.807, 2.05) is 43.1 Å². The van der Waals surface area contributed by atoms with E-state index in [-0.39, 0.29) is 6.04 Å². The lowest BCUT2D eigenvalue weighted by atomic mass is 10.0. The number of hydrogen-bond donors (Lipinski definition) is 1. The molecule has 0 fully saturated rings. The number of imidazole rings is 1. The second-order valence-electron chi connectivity index (χ2n) is 4.66. The molecule has 18 heavy (non-hydrogen) atoms. The summed E-state index contributed by atoms with van der Waals surface area (Å²) in [7, 11) is 2.00. The average Bonchev–Trinajstić information content (AvgIpc) is 2.70. The maximum absolute atomic E-state index is 6.20. The highest BCUT2D eigenvalue weighted by atomic mass is 35.5. The zero-order valence-corrected chi connectivity index (χ0v) is 11.5. The lowest BCUT2D eigenvalue weighted by Crippen LogP contribution is -2.12. The summed E-state index contributed by atoms with van der Waals surface area (Å²) in [4.78, 5) is 4.30. The minimum atomic E-state index is -0.000833. The molecule has 2 N–H and O–H groups in total. The summed E-state index contributed by atoms with van der Waals surface area (Å²) in [5.74, 6) is 1.06. The van der Waals surface area contributed by atoms with E-state index >= 15 is 0 Å². The van der Waals surface area contributed by atoms with Crippen molar-refractivity contribution >= 4 is 11.6 Å². The highest BCUT2D eigenvalue weighted by Gasteiger charge is 2.09. The van der Waals surface area contributed by atoms with Crippen molar-refractivity contribution in [2.24, 2.45) is 12.8 Å². The van der Waals surface area contributed by atoms with Gasteiger partial charge < -0.3 is 10.3 Å². The van der Waals surface area contributed by atoms with Gasteiger partial charge in [0.05, 0.1) is 0 Å². The van der Waals surface area contributed by atoms with Crippen molar-refractivity contribution in [3.8, 4) is 0 Å². The minimum absolute atomic E-state index is 0.000833. The third-order valence-corrected chi connectivity index (χ3v) is 3.31. The molecule has 0 saturated carbocycles. The topological polar surface area (TPSA) is 43.8 Å². The number of hydrogen-bond acceptors (Lipinski definition) is 2. The Morgan fingerprint density at radius 2 is 2.17 bits per heavy atom. The number of nitrogens with zero attached hydrogens (tertiary/aromatic N) is 2. The third kappa shape index (κ3) is 3.12. The fourth-order valence-electron chi connectivity index (χ4n) is 2.07. The predicted octanol–water partition coefficient (Wildman–Crippen LogP) is 3.01. The molecule has 3 nitrogen and oxygen atoms in total. The Bertz CT molecular complexity index is 513. The summed E-state index contributed by atoms with van der Waals surface area (Å²) in [5.41, 5.74) is 8.44. The molecule has 0 saturated heterocycles. The van der Waals surface area contributed by atoms with E-state index in [1.165, 1.54) is 0 Å². The highest BCUT2D eigenvalue weighted by molar-refractivity contribution is 6.30. The van der Waals surface area contributed by atoms with Crippen LogP contribution in [0.3, 0.4) is 0 Å². The lowest BCUT2D eigenvalue weighted by molar-refractivity contribution is 0.620. The molecule has 2 aromatic rings. The number of nitrogens with two attached hydrogens (primary N) is 1. The number of halogens is 1. The van der Waals surface area contributed by atoms with E-state index in [0.29, 0.717) is 0 Å². The average molecular weight is 264 g/mol. The Morgan fingerprint density at radius 3 is 2.78 bits per heavy atom. The van der Waals surface area contributed by atoms with E-state index in [0.717, 1.165) is 34.8 Å². The van der Waals surface area contributed by atoms with Crippen molar-refractivity contribution < 1.29 is 0 Å². The van der Waals surface area contributed by atoms with Crippen molar-refractivity contribution in [2.75, 3.05) is 0 Å². The second-order valence-corrected chi connectivity index (χ2v) is 5.10. The molecule has 1 aromatic heterocycles. The Hall–Kier alpha value is -1.32. The molecule has 0 spiro atoms. The molecule has 4 heteroatoms. The summed E-state index contributed by atoms with van der Waals surface area (Å²) < 4.78 is 2.02. The quantitative estimate of drug-likeness (QED) is 0.922. The van der Waals surface area contributed by atoms with Crippen LogP contribution in [0.1, 0.15) is 29.4 Å². The molecule has 0 aliphatic heterocycles. The van der Waals surface area contributed by atoms with Crippen LogP contribution in [0.15, 0.2) is 30.6 Å². The summed E-state index contributed by atoms with van der Waals surface area (Å²) in [5, 5.41) is 0.748. The van der Waals surface area contributed by atoms with E-state index in [9.17, 15) is 0 Å². The van der Waals surface area contributed by atoms with Gasteiger partial charge in [0.2, 0.25) is 0 Å². The first-order valence-corrected chi connectivity index (χ1v) is 6.43. The molecule has 0 aliphatic rings. The molecule has 1 heterocycles. The predicted molar refractivity (Wildman–Crippen MR) is 74.6 cm³/mol. The van der Waals surface area contributed by atoms with Crippen LogP contribution < -0.4 is 5.73 Å². The van der Waals surface area contributed by atoms with Crippen LogP contribution in [0.25, 0.3) is 0 Å². The van der Waals surface area contributed by atoms with Gasteiger partial charge in [-0.3, -0.25) is 0 Å². The first-order chi connectivity index (χ1) is 8.56. The Balaban J connectivity index is 2.03. The molecular weight excluding hydrogens is 246 g/mol. The first kappa shape index (κ1) is 13.1. The maximum Gasteiger partial charge on any atom is 0.108 e. The molecule has 0 bridgehead atoms. The molecule has 0 amide bonds. The monoisotopic (exact) mass is 263 g/mol.